The molecule has 0 atom stereocenters. The van der Waals surface area contributed by atoms with E-state index in [1.165, 1.54) is 19.2 Å². The minimum absolute atomic E-state index is 0.123. The van der Waals surface area contributed by atoms with Gasteiger partial charge in [0, 0.05) is 18.3 Å². The molecule has 114 valence electrons. The fourth-order valence-corrected chi connectivity index (χ4v) is 3.45. The van der Waals surface area contributed by atoms with Crippen molar-refractivity contribution in [3.63, 3.8) is 0 Å². The largest absolute Gasteiger partial charge is 0.495 e. The maximum atomic E-state index is 12.2. The van der Waals surface area contributed by atoms with E-state index in [0.29, 0.717) is 12.2 Å². The molecular formula is C13H22N2O3S2. The van der Waals surface area contributed by atoms with E-state index in [1.807, 2.05) is 0 Å². The number of ether oxygens (including phenoxy) is 1. The quantitative estimate of drug-likeness (QED) is 0.538. The number of rotatable bonds is 9. The van der Waals surface area contributed by atoms with Gasteiger partial charge in [0.2, 0.25) is 10.0 Å². The average Bonchev–Trinajstić information content (AvgIpc) is 2.42. The van der Waals surface area contributed by atoms with E-state index in [-0.39, 0.29) is 10.6 Å². The molecule has 0 amide bonds. The number of nitrogen functional groups attached to an aromatic ring is 1. The molecule has 0 radical (unpaired) electrons. The molecule has 0 aliphatic carbocycles. The van der Waals surface area contributed by atoms with Crippen LogP contribution in [-0.4, -0.2) is 34.1 Å². The number of benzene rings is 1. The second-order valence-electron chi connectivity index (χ2n) is 4.36. The number of nitrogens with one attached hydrogen (secondary N) is 1. The van der Waals surface area contributed by atoms with Crippen molar-refractivity contribution >= 4 is 27.5 Å². The van der Waals surface area contributed by atoms with Crippen LogP contribution in [-0.2, 0) is 10.0 Å². The Morgan fingerprint density at radius 3 is 2.70 bits per heavy atom. The van der Waals surface area contributed by atoms with E-state index in [0.717, 1.165) is 25.0 Å². The van der Waals surface area contributed by atoms with Crippen LogP contribution in [0.2, 0.25) is 0 Å². The Morgan fingerprint density at radius 2 is 2.05 bits per heavy atom. The minimum atomic E-state index is -3.55. The summed E-state index contributed by atoms with van der Waals surface area (Å²) in [6, 6.07) is 4.52. The first-order valence-corrected chi connectivity index (χ1v) is 9.31. The van der Waals surface area contributed by atoms with Crippen molar-refractivity contribution in [1.82, 2.24) is 4.72 Å². The van der Waals surface area contributed by atoms with Gasteiger partial charge < -0.3 is 10.5 Å². The molecule has 0 spiro atoms. The Morgan fingerprint density at radius 1 is 1.30 bits per heavy atom. The third-order valence-electron chi connectivity index (χ3n) is 2.79. The maximum Gasteiger partial charge on any atom is 0.244 e. The lowest BCUT2D eigenvalue weighted by Gasteiger charge is -2.11. The minimum Gasteiger partial charge on any atom is -0.495 e. The van der Waals surface area contributed by atoms with E-state index in [4.69, 9.17) is 10.5 Å². The summed E-state index contributed by atoms with van der Waals surface area (Å²) in [5.41, 5.74) is 6.09. The molecule has 0 unspecified atom stereocenters. The van der Waals surface area contributed by atoms with Crippen LogP contribution in [0.15, 0.2) is 23.1 Å². The third kappa shape index (κ3) is 5.22. The van der Waals surface area contributed by atoms with Gasteiger partial charge in [-0.3, -0.25) is 0 Å². The van der Waals surface area contributed by atoms with Gasteiger partial charge in [-0.05, 0) is 37.0 Å². The summed E-state index contributed by atoms with van der Waals surface area (Å²) < 4.78 is 32.0. The van der Waals surface area contributed by atoms with Gasteiger partial charge in [0.05, 0.1) is 7.11 Å². The summed E-state index contributed by atoms with van der Waals surface area (Å²) in [7, 11) is -2.12. The predicted molar refractivity (Wildman–Crippen MR) is 84.8 cm³/mol. The molecule has 0 heterocycles. The summed E-state index contributed by atoms with van der Waals surface area (Å²) in [4.78, 5) is 0.123. The zero-order valence-electron chi connectivity index (χ0n) is 11.9. The highest BCUT2D eigenvalue weighted by Gasteiger charge is 2.18. The maximum absolute atomic E-state index is 12.2. The van der Waals surface area contributed by atoms with Gasteiger partial charge in [-0.25, -0.2) is 13.1 Å². The number of anilines is 1. The molecule has 0 aliphatic rings. The van der Waals surface area contributed by atoms with Gasteiger partial charge in [-0.1, -0.05) is 6.42 Å². The third-order valence-corrected chi connectivity index (χ3v) is 4.99. The van der Waals surface area contributed by atoms with Gasteiger partial charge >= 0.3 is 0 Å². The molecule has 1 aromatic carbocycles. The molecule has 0 saturated heterocycles. The molecule has 7 heteroatoms. The Kier molecular flexibility index (Phi) is 7.18. The highest BCUT2D eigenvalue weighted by Crippen LogP contribution is 2.25. The van der Waals surface area contributed by atoms with Crippen molar-refractivity contribution < 1.29 is 13.2 Å². The van der Waals surface area contributed by atoms with Gasteiger partial charge in [-0.2, -0.15) is 11.8 Å². The van der Waals surface area contributed by atoms with Crippen molar-refractivity contribution in [2.45, 2.75) is 24.2 Å². The molecule has 0 bridgehead atoms. The first-order chi connectivity index (χ1) is 9.51. The Hall–Kier alpha value is -0.920. The second kappa shape index (κ2) is 8.39. The SMILES string of the molecule is COc1cc(N)ccc1S(=O)(=O)NCCCCCSC. The summed E-state index contributed by atoms with van der Waals surface area (Å²) in [6.45, 7) is 0.435. The first kappa shape index (κ1) is 17.1. The highest BCUT2D eigenvalue weighted by atomic mass is 32.2. The smallest absolute Gasteiger partial charge is 0.244 e. The van der Waals surface area contributed by atoms with E-state index < -0.39 is 10.0 Å². The molecule has 0 saturated carbocycles. The van der Waals surface area contributed by atoms with Gasteiger partial charge in [0.25, 0.3) is 0 Å². The molecule has 3 N–H and O–H groups in total. The number of thioether (sulfide) groups is 1. The van der Waals surface area contributed by atoms with Crippen molar-refractivity contribution in [3.8, 4) is 5.75 Å². The van der Waals surface area contributed by atoms with Crippen LogP contribution >= 0.6 is 11.8 Å². The fourth-order valence-electron chi connectivity index (χ4n) is 1.74. The van der Waals surface area contributed by atoms with Crippen LogP contribution < -0.4 is 15.2 Å². The van der Waals surface area contributed by atoms with Crippen molar-refractivity contribution in [1.29, 1.82) is 0 Å². The number of hydrogen-bond acceptors (Lipinski definition) is 5. The lowest BCUT2D eigenvalue weighted by atomic mass is 10.2. The summed E-state index contributed by atoms with van der Waals surface area (Å²) in [6.07, 6.45) is 5.02. The summed E-state index contributed by atoms with van der Waals surface area (Å²) in [5, 5.41) is 0. The standard InChI is InChI=1S/C13H22N2O3S2/c1-18-12-10-11(14)6-7-13(12)20(16,17)15-8-4-3-5-9-19-2/h6-7,10,15H,3-5,8-9,14H2,1-2H3. The molecule has 5 nitrogen and oxygen atoms in total. The molecule has 1 rings (SSSR count). The van der Waals surface area contributed by atoms with Crippen LogP contribution in [0.5, 0.6) is 5.75 Å². The van der Waals surface area contributed by atoms with E-state index in [1.54, 1.807) is 17.8 Å². The number of nitrogens with two attached hydrogens (primary N) is 1. The first-order valence-electron chi connectivity index (χ1n) is 6.43. The summed E-state index contributed by atoms with van der Waals surface area (Å²) in [5.74, 6) is 1.37. The number of hydrogen-bond donors (Lipinski definition) is 2. The van der Waals surface area contributed by atoms with Crippen LogP contribution in [0, 0.1) is 0 Å². The zero-order valence-corrected chi connectivity index (χ0v) is 13.5. The second-order valence-corrected chi connectivity index (χ2v) is 7.08. The van der Waals surface area contributed by atoms with Crippen molar-refractivity contribution in [2.75, 3.05) is 31.4 Å². The summed E-state index contributed by atoms with van der Waals surface area (Å²) >= 11 is 1.80. The lowest BCUT2D eigenvalue weighted by molar-refractivity contribution is 0.402. The normalized spacial score (nSPS) is 11.5. The number of sulfonamides is 1. The molecule has 1 aromatic rings. The van der Waals surface area contributed by atoms with Crippen molar-refractivity contribution in [3.05, 3.63) is 18.2 Å². The zero-order chi connectivity index (χ0) is 15.0. The molecule has 0 aliphatic heterocycles. The number of unbranched alkanes of at least 4 members (excludes halogenated alkanes) is 2. The van der Waals surface area contributed by atoms with Gasteiger partial charge in [-0.15, -0.1) is 0 Å². The Labute approximate surface area is 125 Å². The monoisotopic (exact) mass is 318 g/mol. The fraction of sp³-hybridized carbons (Fsp3) is 0.538. The molecule has 0 fully saturated rings. The van der Waals surface area contributed by atoms with Crippen LogP contribution in [0.4, 0.5) is 5.69 Å². The van der Waals surface area contributed by atoms with Crippen LogP contribution in [0.3, 0.4) is 0 Å². The lowest BCUT2D eigenvalue weighted by Crippen LogP contribution is -2.25. The topological polar surface area (TPSA) is 81.4 Å². The van der Waals surface area contributed by atoms with Crippen molar-refractivity contribution in [2.24, 2.45) is 0 Å². The average molecular weight is 318 g/mol. The van der Waals surface area contributed by atoms with E-state index in [9.17, 15) is 8.42 Å². The predicted octanol–water partition coefficient (Wildman–Crippen LogP) is 2.09. The number of methoxy groups -OCH3 is 1. The molecule has 0 aromatic heterocycles. The highest BCUT2D eigenvalue weighted by molar-refractivity contribution is 7.98. The van der Waals surface area contributed by atoms with Gasteiger partial charge in [0.15, 0.2) is 0 Å². The Balaban J connectivity index is 2.60. The molecule has 20 heavy (non-hydrogen) atoms. The Bertz CT molecular complexity index is 518. The van der Waals surface area contributed by atoms with Crippen LogP contribution in [0.25, 0.3) is 0 Å². The van der Waals surface area contributed by atoms with E-state index >= 15 is 0 Å². The van der Waals surface area contributed by atoms with Crippen LogP contribution in [0.1, 0.15) is 19.3 Å². The molecular weight excluding hydrogens is 296 g/mol. The van der Waals surface area contributed by atoms with E-state index in [2.05, 4.69) is 11.0 Å². The van der Waals surface area contributed by atoms with Gasteiger partial charge in [0.1, 0.15) is 10.6 Å².